The van der Waals surface area contributed by atoms with Crippen molar-refractivity contribution in [3.05, 3.63) is 95.9 Å². The van der Waals surface area contributed by atoms with Crippen molar-refractivity contribution in [1.29, 1.82) is 0 Å². The lowest BCUT2D eigenvalue weighted by Gasteiger charge is -2.09. The summed E-state index contributed by atoms with van der Waals surface area (Å²) in [6.45, 7) is 2.08. The van der Waals surface area contributed by atoms with Crippen molar-refractivity contribution in [3.8, 4) is 28.3 Å². The van der Waals surface area contributed by atoms with Gasteiger partial charge in [-0.15, -0.1) is 0 Å². The van der Waals surface area contributed by atoms with Gasteiger partial charge in [-0.3, -0.25) is 4.79 Å². The molecule has 0 N–H and O–H groups in total. The standard InChI is InChI=1S/C26H23NO3/c1-18-3-8-22(26-27-13-14-30-26)17-25(18)21-9-4-19(5-10-21)15-23(28)16-20-6-11-24(29-2)12-7-20/h3-14,17H,15-16H2,1-2H3. The van der Waals surface area contributed by atoms with Crippen LogP contribution < -0.4 is 4.74 Å². The molecule has 0 aliphatic carbocycles. The van der Waals surface area contributed by atoms with Crippen LogP contribution in [-0.2, 0) is 17.6 Å². The monoisotopic (exact) mass is 397 g/mol. The fourth-order valence-corrected chi connectivity index (χ4v) is 3.50. The number of hydrogen-bond donors (Lipinski definition) is 0. The summed E-state index contributed by atoms with van der Waals surface area (Å²) >= 11 is 0. The van der Waals surface area contributed by atoms with E-state index in [1.54, 1.807) is 19.6 Å². The maximum atomic E-state index is 12.5. The minimum Gasteiger partial charge on any atom is -0.497 e. The fourth-order valence-electron chi connectivity index (χ4n) is 3.50. The van der Waals surface area contributed by atoms with Gasteiger partial charge in [0.05, 0.1) is 13.3 Å². The van der Waals surface area contributed by atoms with Gasteiger partial charge >= 0.3 is 0 Å². The van der Waals surface area contributed by atoms with E-state index in [1.165, 1.54) is 5.56 Å². The van der Waals surface area contributed by atoms with Crippen LogP contribution in [0.2, 0.25) is 0 Å². The number of aryl methyl sites for hydroxylation is 1. The normalized spacial score (nSPS) is 10.7. The molecular formula is C26H23NO3. The molecule has 4 heteroatoms. The third-order valence-electron chi connectivity index (χ3n) is 5.14. The number of aromatic nitrogens is 1. The van der Waals surface area contributed by atoms with E-state index in [4.69, 9.17) is 9.15 Å². The van der Waals surface area contributed by atoms with Crippen molar-refractivity contribution in [1.82, 2.24) is 4.98 Å². The van der Waals surface area contributed by atoms with E-state index in [2.05, 4.69) is 36.2 Å². The predicted octanol–water partition coefficient (Wildman–Crippen LogP) is 5.68. The average Bonchev–Trinajstić information content (AvgIpc) is 3.30. The molecule has 4 rings (SSSR count). The van der Waals surface area contributed by atoms with Crippen LogP contribution in [0.3, 0.4) is 0 Å². The number of ether oxygens (including phenoxy) is 1. The Morgan fingerprint density at radius 2 is 1.53 bits per heavy atom. The zero-order chi connectivity index (χ0) is 20.9. The summed E-state index contributed by atoms with van der Waals surface area (Å²) in [5.74, 6) is 1.59. The summed E-state index contributed by atoms with van der Waals surface area (Å²) in [7, 11) is 1.63. The molecule has 1 aromatic heterocycles. The Hall–Kier alpha value is -3.66. The van der Waals surface area contributed by atoms with E-state index < -0.39 is 0 Å². The first kappa shape index (κ1) is 19.6. The predicted molar refractivity (Wildman–Crippen MR) is 118 cm³/mol. The molecule has 0 spiro atoms. The molecule has 0 amide bonds. The lowest BCUT2D eigenvalue weighted by Crippen LogP contribution is -2.06. The molecule has 150 valence electrons. The van der Waals surface area contributed by atoms with E-state index in [0.717, 1.165) is 33.6 Å². The summed E-state index contributed by atoms with van der Waals surface area (Å²) in [5, 5.41) is 0. The Bertz CT molecular complexity index is 1130. The fraction of sp³-hybridized carbons (Fsp3) is 0.154. The molecule has 0 aliphatic heterocycles. The Kier molecular flexibility index (Phi) is 5.75. The second kappa shape index (κ2) is 8.78. The Morgan fingerprint density at radius 1 is 0.900 bits per heavy atom. The Balaban J connectivity index is 1.46. The third-order valence-corrected chi connectivity index (χ3v) is 5.14. The van der Waals surface area contributed by atoms with Gasteiger partial charge in [-0.25, -0.2) is 4.98 Å². The topological polar surface area (TPSA) is 52.3 Å². The van der Waals surface area contributed by atoms with E-state index in [9.17, 15) is 4.79 Å². The van der Waals surface area contributed by atoms with Crippen molar-refractivity contribution < 1.29 is 13.9 Å². The first-order valence-corrected chi connectivity index (χ1v) is 9.87. The number of methoxy groups -OCH3 is 1. The van der Waals surface area contributed by atoms with Gasteiger partial charge < -0.3 is 9.15 Å². The summed E-state index contributed by atoms with van der Waals surface area (Å²) < 4.78 is 10.6. The molecule has 0 radical (unpaired) electrons. The Morgan fingerprint density at radius 3 is 2.13 bits per heavy atom. The first-order chi connectivity index (χ1) is 14.6. The number of benzene rings is 3. The first-order valence-electron chi connectivity index (χ1n) is 9.87. The second-order valence-corrected chi connectivity index (χ2v) is 7.30. The van der Waals surface area contributed by atoms with Crippen LogP contribution in [0, 0.1) is 6.92 Å². The van der Waals surface area contributed by atoms with Crippen molar-refractivity contribution in [2.75, 3.05) is 7.11 Å². The Labute approximate surface area is 176 Å². The van der Waals surface area contributed by atoms with Gasteiger partial charge in [-0.2, -0.15) is 0 Å². The summed E-state index contributed by atoms with van der Waals surface area (Å²) in [6.07, 6.45) is 4.06. The quantitative estimate of drug-likeness (QED) is 0.403. The van der Waals surface area contributed by atoms with E-state index in [1.807, 2.05) is 42.5 Å². The molecule has 4 nitrogen and oxygen atoms in total. The molecule has 3 aromatic carbocycles. The molecular weight excluding hydrogens is 374 g/mol. The maximum absolute atomic E-state index is 12.5. The van der Waals surface area contributed by atoms with E-state index in [0.29, 0.717) is 18.7 Å². The molecule has 1 heterocycles. The number of ketones is 1. The minimum absolute atomic E-state index is 0.190. The lowest BCUT2D eigenvalue weighted by atomic mass is 9.96. The van der Waals surface area contributed by atoms with Crippen LogP contribution >= 0.6 is 0 Å². The van der Waals surface area contributed by atoms with Gasteiger partial charge in [0.1, 0.15) is 17.8 Å². The average molecular weight is 397 g/mol. The van der Waals surface area contributed by atoms with Gasteiger partial charge in [0, 0.05) is 18.4 Å². The molecule has 0 saturated carbocycles. The number of carbonyl (C=O) groups excluding carboxylic acids is 1. The minimum atomic E-state index is 0.190. The molecule has 0 atom stereocenters. The van der Waals surface area contributed by atoms with Crippen LogP contribution in [-0.4, -0.2) is 17.9 Å². The van der Waals surface area contributed by atoms with Crippen molar-refractivity contribution in [2.24, 2.45) is 0 Å². The van der Waals surface area contributed by atoms with Gasteiger partial charge in [-0.05, 0) is 59.0 Å². The molecule has 0 fully saturated rings. The number of Topliss-reactive ketones (excluding diaryl/α,β-unsaturated/α-hetero) is 1. The highest BCUT2D eigenvalue weighted by atomic mass is 16.5. The van der Waals surface area contributed by atoms with Gasteiger partial charge in [0.15, 0.2) is 0 Å². The van der Waals surface area contributed by atoms with Gasteiger partial charge in [0.25, 0.3) is 0 Å². The summed E-state index contributed by atoms with van der Waals surface area (Å²) in [4.78, 5) is 16.7. The zero-order valence-corrected chi connectivity index (χ0v) is 17.1. The third kappa shape index (κ3) is 4.49. The highest BCUT2D eigenvalue weighted by Gasteiger charge is 2.10. The second-order valence-electron chi connectivity index (χ2n) is 7.30. The maximum Gasteiger partial charge on any atom is 0.225 e. The van der Waals surface area contributed by atoms with E-state index in [-0.39, 0.29) is 5.78 Å². The number of carbonyl (C=O) groups is 1. The van der Waals surface area contributed by atoms with Gasteiger partial charge in [-0.1, -0.05) is 42.5 Å². The lowest BCUT2D eigenvalue weighted by molar-refractivity contribution is -0.117. The highest BCUT2D eigenvalue weighted by Crippen LogP contribution is 2.29. The van der Waals surface area contributed by atoms with Crippen LogP contribution in [0.1, 0.15) is 16.7 Å². The van der Waals surface area contributed by atoms with Gasteiger partial charge in [0.2, 0.25) is 5.89 Å². The van der Waals surface area contributed by atoms with Crippen LogP contribution in [0.25, 0.3) is 22.6 Å². The number of nitrogens with zero attached hydrogens (tertiary/aromatic N) is 1. The molecule has 0 unspecified atom stereocenters. The summed E-state index contributed by atoms with van der Waals surface area (Å²) in [6, 6.07) is 22.0. The zero-order valence-electron chi connectivity index (χ0n) is 17.1. The number of oxazole rings is 1. The van der Waals surface area contributed by atoms with Crippen molar-refractivity contribution >= 4 is 5.78 Å². The highest BCUT2D eigenvalue weighted by molar-refractivity contribution is 5.83. The smallest absolute Gasteiger partial charge is 0.225 e. The number of hydrogen-bond acceptors (Lipinski definition) is 4. The van der Waals surface area contributed by atoms with E-state index >= 15 is 0 Å². The molecule has 0 bridgehead atoms. The van der Waals surface area contributed by atoms with Crippen molar-refractivity contribution in [3.63, 3.8) is 0 Å². The SMILES string of the molecule is COc1ccc(CC(=O)Cc2ccc(-c3cc(-c4ncco4)ccc3C)cc2)cc1. The summed E-state index contributed by atoms with van der Waals surface area (Å²) in [5.41, 5.74) is 6.36. The van der Waals surface area contributed by atoms with Crippen molar-refractivity contribution in [2.45, 2.75) is 19.8 Å². The largest absolute Gasteiger partial charge is 0.497 e. The molecule has 4 aromatic rings. The molecule has 0 aliphatic rings. The number of rotatable bonds is 7. The molecule has 0 saturated heterocycles. The van der Waals surface area contributed by atoms with Crippen LogP contribution in [0.4, 0.5) is 0 Å². The van der Waals surface area contributed by atoms with Crippen LogP contribution in [0.5, 0.6) is 5.75 Å². The molecule has 30 heavy (non-hydrogen) atoms. The van der Waals surface area contributed by atoms with Crippen LogP contribution in [0.15, 0.2) is 83.6 Å².